The minimum atomic E-state index is -0.213. The van der Waals surface area contributed by atoms with Gasteiger partial charge in [-0.3, -0.25) is 9.59 Å². The Balaban J connectivity index is 1.44. The second kappa shape index (κ2) is 9.39. The Hall–Kier alpha value is -2.57. The van der Waals surface area contributed by atoms with Crippen LogP contribution in [0, 0.1) is 0 Å². The number of hydrogen-bond acceptors (Lipinski definition) is 4. The van der Waals surface area contributed by atoms with Gasteiger partial charge in [-0.2, -0.15) is 0 Å². The smallest absolute Gasteiger partial charge is 0.251 e. The van der Waals surface area contributed by atoms with Crippen LogP contribution in [-0.4, -0.2) is 35.3 Å². The summed E-state index contributed by atoms with van der Waals surface area (Å²) in [6, 6.07) is 17.3. The van der Waals surface area contributed by atoms with E-state index in [1.807, 2.05) is 54.6 Å². The van der Waals surface area contributed by atoms with E-state index < -0.39 is 0 Å². The van der Waals surface area contributed by atoms with Crippen molar-refractivity contribution in [2.24, 2.45) is 0 Å². The summed E-state index contributed by atoms with van der Waals surface area (Å²) < 4.78 is 2.31. The normalized spacial score (nSPS) is 15.1. The SMILES string of the molecule is C=CC(=O)Nc1ccc(SN2CCC(NC(=O)c3ccccc3)CC2)cc1. The molecule has 1 aliphatic rings. The minimum absolute atomic E-state index is 0.00105. The van der Waals surface area contributed by atoms with Crippen molar-refractivity contribution in [1.82, 2.24) is 9.62 Å². The summed E-state index contributed by atoms with van der Waals surface area (Å²) in [7, 11) is 0. The molecule has 2 amide bonds. The molecule has 0 atom stereocenters. The van der Waals surface area contributed by atoms with E-state index in [0.29, 0.717) is 5.56 Å². The summed E-state index contributed by atoms with van der Waals surface area (Å²) in [4.78, 5) is 24.7. The molecule has 3 rings (SSSR count). The summed E-state index contributed by atoms with van der Waals surface area (Å²) in [5.41, 5.74) is 1.46. The third kappa shape index (κ3) is 5.70. The molecular formula is C21H23N3O2S. The molecule has 5 nitrogen and oxygen atoms in total. The highest BCUT2D eigenvalue weighted by atomic mass is 32.2. The first-order valence-electron chi connectivity index (χ1n) is 8.96. The molecule has 1 heterocycles. The van der Waals surface area contributed by atoms with Gasteiger partial charge in [0.25, 0.3) is 5.91 Å². The first-order chi connectivity index (χ1) is 13.1. The van der Waals surface area contributed by atoms with E-state index in [4.69, 9.17) is 0 Å². The fourth-order valence-corrected chi connectivity index (χ4v) is 3.84. The molecule has 6 heteroatoms. The van der Waals surface area contributed by atoms with Gasteiger partial charge in [0.05, 0.1) is 0 Å². The van der Waals surface area contributed by atoms with Crippen molar-refractivity contribution in [3.8, 4) is 0 Å². The molecule has 1 aliphatic heterocycles. The van der Waals surface area contributed by atoms with E-state index in [0.717, 1.165) is 36.5 Å². The number of carbonyl (C=O) groups is 2. The molecule has 140 valence electrons. The van der Waals surface area contributed by atoms with Gasteiger partial charge in [0.1, 0.15) is 0 Å². The van der Waals surface area contributed by atoms with Crippen LogP contribution >= 0.6 is 11.9 Å². The average Bonchev–Trinajstić information content (AvgIpc) is 2.71. The first-order valence-corrected chi connectivity index (χ1v) is 9.73. The number of nitrogens with zero attached hydrogens (tertiary/aromatic N) is 1. The van der Waals surface area contributed by atoms with Crippen LogP contribution in [0.5, 0.6) is 0 Å². The van der Waals surface area contributed by atoms with Crippen LogP contribution in [0.1, 0.15) is 23.2 Å². The Labute approximate surface area is 164 Å². The highest BCUT2D eigenvalue weighted by Gasteiger charge is 2.21. The van der Waals surface area contributed by atoms with E-state index >= 15 is 0 Å². The van der Waals surface area contributed by atoms with E-state index in [1.165, 1.54) is 6.08 Å². The van der Waals surface area contributed by atoms with Crippen molar-refractivity contribution in [1.29, 1.82) is 0 Å². The van der Waals surface area contributed by atoms with Crippen LogP contribution < -0.4 is 10.6 Å². The topological polar surface area (TPSA) is 61.4 Å². The predicted octanol–water partition coefficient (Wildman–Crippen LogP) is 3.71. The average molecular weight is 382 g/mol. The van der Waals surface area contributed by atoms with Gasteiger partial charge in [-0.15, -0.1) is 0 Å². The molecule has 0 bridgehead atoms. The van der Waals surface area contributed by atoms with Crippen molar-refractivity contribution >= 4 is 29.4 Å². The number of piperidine rings is 1. The Kier molecular flexibility index (Phi) is 6.68. The molecule has 1 fully saturated rings. The lowest BCUT2D eigenvalue weighted by Gasteiger charge is -2.31. The van der Waals surface area contributed by atoms with Gasteiger partial charge in [-0.05, 0) is 67.3 Å². The maximum atomic E-state index is 12.2. The molecule has 0 aliphatic carbocycles. The molecule has 0 unspecified atom stereocenters. The third-order valence-corrected chi connectivity index (χ3v) is 5.47. The molecule has 0 saturated carbocycles. The molecule has 1 saturated heterocycles. The van der Waals surface area contributed by atoms with Crippen LogP contribution in [0.3, 0.4) is 0 Å². The highest BCUT2D eigenvalue weighted by molar-refractivity contribution is 7.97. The molecule has 0 radical (unpaired) electrons. The largest absolute Gasteiger partial charge is 0.349 e. The number of anilines is 1. The Morgan fingerprint density at radius 3 is 2.33 bits per heavy atom. The standard InChI is InChI=1S/C21H23N3O2S/c1-2-20(25)22-17-8-10-19(11-9-17)27-24-14-12-18(13-15-24)23-21(26)16-6-4-3-5-7-16/h2-11,18H,1,12-15H2,(H,22,25)(H,23,26). The van der Waals surface area contributed by atoms with Crippen LogP contribution in [0.2, 0.25) is 0 Å². The number of hydrogen-bond donors (Lipinski definition) is 2. The zero-order chi connectivity index (χ0) is 19.1. The van der Waals surface area contributed by atoms with Crippen molar-refractivity contribution in [3.63, 3.8) is 0 Å². The maximum Gasteiger partial charge on any atom is 0.251 e. The predicted molar refractivity (Wildman–Crippen MR) is 110 cm³/mol. The van der Waals surface area contributed by atoms with Crippen LogP contribution in [0.15, 0.2) is 72.1 Å². The van der Waals surface area contributed by atoms with Gasteiger partial charge in [-0.25, -0.2) is 4.31 Å². The summed E-state index contributed by atoms with van der Waals surface area (Å²) in [5.74, 6) is -0.214. The van der Waals surface area contributed by atoms with Crippen LogP contribution in [-0.2, 0) is 4.79 Å². The quantitative estimate of drug-likeness (QED) is 0.591. The van der Waals surface area contributed by atoms with Crippen LogP contribution in [0.25, 0.3) is 0 Å². The zero-order valence-corrected chi connectivity index (χ0v) is 15.9. The molecule has 2 N–H and O–H groups in total. The number of nitrogens with one attached hydrogen (secondary N) is 2. The van der Waals surface area contributed by atoms with Gasteiger partial charge in [-0.1, -0.05) is 24.8 Å². The zero-order valence-electron chi connectivity index (χ0n) is 15.1. The van der Waals surface area contributed by atoms with Crippen molar-refractivity contribution < 1.29 is 9.59 Å². The summed E-state index contributed by atoms with van der Waals surface area (Å²) in [5, 5.41) is 5.87. The Morgan fingerprint density at radius 1 is 1.04 bits per heavy atom. The Morgan fingerprint density at radius 2 is 1.70 bits per heavy atom. The van der Waals surface area contributed by atoms with Crippen molar-refractivity contribution in [3.05, 3.63) is 72.8 Å². The molecule has 0 aromatic heterocycles. The third-order valence-electron chi connectivity index (χ3n) is 4.37. The lowest BCUT2D eigenvalue weighted by molar-refractivity contribution is -0.111. The van der Waals surface area contributed by atoms with Crippen molar-refractivity contribution in [2.75, 3.05) is 18.4 Å². The van der Waals surface area contributed by atoms with Crippen LogP contribution in [0.4, 0.5) is 5.69 Å². The van der Waals surface area contributed by atoms with E-state index in [-0.39, 0.29) is 17.9 Å². The molecular weight excluding hydrogens is 358 g/mol. The monoisotopic (exact) mass is 381 g/mol. The Bertz CT molecular complexity index is 785. The maximum absolute atomic E-state index is 12.2. The number of carbonyl (C=O) groups excluding carboxylic acids is 2. The fourth-order valence-electron chi connectivity index (χ4n) is 2.89. The lowest BCUT2D eigenvalue weighted by atomic mass is 10.1. The number of rotatable bonds is 6. The minimum Gasteiger partial charge on any atom is -0.349 e. The number of amides is 2. The molecule has 0 spiro atoms. The summed E-state index contributed by atoms with van der Waals surface area (Å²) in [6.07, 6.45) is 3.11. The number of benzene rings is 2. The van der Waals surface area contributed by atoms with Crippen molar-refractivity contribution in [2.45, 2.75) is 23.8 Å². The molecule has 2 aromatic carbocycles. The van der Waals surface area contributed by atoms with Gasteiger partial charge in [0.2, 0.25) is 5.91 Å². The van der Waals surface area contributed by atoms with E-state index in [9.17, 15) is 9.59 Å². The second-order valence-electron chi connectivity index (χ2n) is 6.35. The van der Waals surface area contributed by atoms with E-state index in [2.05, 4.69) is 21.5 Å². The fraction of sp³-hybridized carbons (Fsp3) is 0.238. The molecule has 27 heavy (non-hydrogen) atoms. The highest BCUT2D eigenvalue weighted by Crippen LogP contribution is 2.27. The first kappa shape index (κ1) is 19.2. The van der Waals surface area contributed by atoms with Gasteiger partial charge >= 0.3 is 0 Å². The summed E-state index contributed by atoms with van der Waals surface area (Å²) >= 11 is 1.70. The van der Waals surface area contributed by atoms with E-state index in [1.54, 1.807) is 11.9 Å². The van der Waals surface area contributed by atoms with Gasteiger partial charge < -0.3 is 10.6 Å². The lowest BCUT2D eigenvalue weighted by Crippen LogP contribution is -2.42. The van der Waals surface area contributed by atoms with Gasteiger partial charge in [0.15, 0.2) is 0 Å². The molecule has 2 aromatic rings. The second-order valence-corrected chi connectivity index (χ2v) is 7.52. The summed E-state index contributed by atoms with van der Waals surface area (Å²) in [6.45, 7) is 5.28. The van der Waals surface area contributed by atoms with Gasteiger partial charge in [0, 0.05) is 35.3 Å².